The summed E-state index contributed by atoms with van der Waals surface area (Å²) in [7, 11) is 2.07. The van der Waals surface area contributed by atoms with Crippen LogP contribution in [0.3, 0.4) is 0 Å². The standard InChI is InChI=1S/C20H27N/c1-4-17-9-11-19(12-10-17)15-20(21-3)14-13-18-7-5-16(2)6-8-18/h5-12,20-21H,4,13-15H2,1-3H3. The van der Waals surface area contributed by atoms with E-state index in [1.807, 2.05) is 0 Å². The molecule has 1 unspecified atom stereocenters. The van der Waals surface area contributed by atoms with E-state index < -0.39 is 0 Å². The molecular weight excluding hydrogens is 254 g/mol. The lowest BCUT2D eigenvalue weighted by atomic mass is 9.98. The number of hydrogen-bond acceptors (Lipinski definition) is 1. The first-order chi connectivity index (χ1) is 10.2. The fraction of sp³-hybridized carbons (Fsp3) is 0.400. The third kappa shape index (κ3) is 5.02. The second-order valence-electron chi connectivity index (χ2n) is 5.88. The zero-order valence-electron chi connectivity index (χ0n) is 13.5. The molecule has 0 fully saturated rings. The Hall–Kier alpha value is -1.60. The Bertz CT molecular complexity index is 525. The maximum atomic E-state index is 3.46. The summed E-state index contributed by atoms with van der Waals surface area (Å²) in [6, 6.07) is 18.5. The van der Waals surface area contributed by atoms with Crippen molar-refractivity contribution in [2.75, 3.05) is 7.05 Å². The molecule has 1 heteroatoms. The van der Waals surface area contributed by atoms with Gasteiger partial charge in [0.1, 0.15) is 0 Å². The molecular formula is C20H27N. The van der Waals surface area contributed by atoms with Gasteiger partial charge in [0.25, 0.3) is 0 Å². The van der Waals surface area contributed by atoms with Gasteiger partial charge in [0.05, 0.1) is 0 Å². The van der Waals surface area contributed by atoms with Crippen molar-refractivity contribution >= 4 is 0 Å². The Morgan fingerprint density at radius 2 is 1.43 bits per heavy atom. The summed E-state index contributed by atoms with van der Waals surface area (Å²) >= 11 is 0. The van der Waals surface area contributed by atoms with E-state index in [9.17, 15) is 0 Å². The van der Waals surface area contributed by atoms with Gasteiger partial charge in [0.15, 0.2) is 0 Å². The molecule has 1 nitrogen and oxygen atoms in total. The van der Waals surface area contributed by atoms with Crippen LogP contribution in [0.25, 0.3) is 0 Å². The van der Waals surface area contributed by atoms with Crippen LogP contribution in [0.5, 0.6) is 0 Å². The lowest BCUT2D eigenvalue weighted by Crippen LogP contribution is -2.28. The Morgan fingerprint density at radius 3 is 2.00 bits per heavy atom. The molecule has 1 atom stereocenters. The van der Waals surface area contributed by atoms with Crippen molar-refractivity contribution in [3.05, 3.63) is 70.8 Å². The fourth-order valence-electron chi connectivity index (χ4n) is 2.64. The van der Waals surface area contributed by atoms with Gasteiger partial charge in [-0.1, -0.05) is 61.0 Å². The van der Waals surface area contributed by atoms with E-state index in [1.165, 1.54) is 28.7 Å². The predicted octanol–water partition coefficient (Wildman–Crippen LogP) is 4.32. The van der Waals surface area contributed by atoms with E-state index in [0.29, 0.717) is 6.04 Å². The third-order valence-electron chi connectivity index (χ3n) is 4.22. The van der Waals surface area contributed by atoms with Crippen LogP contribution in [0.15, 0.2) is 48.5 Å². The van der Waals surface area contributed by atoms with Gasteiger partial charge >= 0.3 is 0 Å². The molecule has 0 aliphatic heterocycles. The second-order valence-corrected chi connectivity index (χ2v) is 5.88. The summed E-state index contributed by atoms with van der Waals surface area (Å²) in [6.45, 7) is 4.34. The minimum Gasteiger partial charge on any atom is -0.317 e. The van der Waals surface area contributed by atoms with Gasteiger partial charge < -0.3 is 5.32 Å². The smallest absolute Gasteiger partial charge is 0.0108 e. The SMILES string of the molecule is CCc1ccc(CC(CCc2ccc(C)cc2)NC)cc1. The maximum Gasteiger partial charge on any atom is 0.0108 e. The molecule has 2 rings (SSSR count). The molecule has 21 heavy (non-hydrogen) atoms. The zero-order valence-corrected chi connectivity index (χ0v) is 13.5. The van der Waals surface area contributed by atoms with Crippen LogP contribution in [0.2, 0.25) is 0 Å². The number of hydrogen-bond donors (Lipinski definition) is 1. The Kier molecular flexibility index (Phi) is 6.01. The number of benzene rings is 2. The van der Waals surface area contributed by atoms with E-state index in [4.69, 9.17) is 0 Å². The zero-order chi connectivity index (χ0) is 15.1. The first-order valence-electron chi connectivity index (χ1n) is 8.02. The molecule has 0 aliphatic carbocycles. The maximum absolute atomic E-state index is 3.46. The number of nitrogens with one attached hydrogen (secondary N) is 1. The molecule has 2 aromatic carbocycles. The highest BCUT2D eigenvalue weighted by Gasteiger charge is 2.07. The highest BCUT2D eigenvalue weighted by Crippen LogP contribution is 2.12. The van der Waals surface area contributed by atoms with E-state index in [0.717, 1.165) is 19.3 Å². The second kappa shape index (κ2) is 7.99. The van der Waals surface area contributed by atoms with Gasteiger partial charge in [-0.25, -0.2) is 0 Å². The molecule has 0 saturated carbocycles. The monoisotopic (exact) mass is 281 g/mol. The van der Waals surface area contributed by atoms with Crippen molar-refractivity contribution < 1.29 is 0 Å². The van der Waals surface area contributed by atoms with Gasteiger partial charge in [-0.3, -0.25) is 0 Å². The van der Waals surface area contributed by atoms with Crippen molar-refractivity contribution in [2.45, 2.75) is 45.6 Å². The van der Waals surface area contributed by atoms with Crippen molar-refractivity contribution in [1.82, 2.24) is 5.32 Å². The minimum absolute atomic E-state index is 0.541. The lowest BCUT2D eigenvalue weighted by molar-refractivity contribution is 0.520. The predicted molar refractivity (Wildman–Crippen MR) is 91.9 cm³/mol. The van der Waals surface area contributed by atoms with Crippen LogP contribution in [-0.2, 0) is 19.3 Å². The average Bonchev–Trinajstić information content (AvgIpc) is 2.53. The Morgan fingerprint density at radius 1 is 0.857 bits per heavy atom. The Labute approximate surface area is 129 Å². The molecule has 0 saturated heterocycles. The number of rotatable bonds is 7. The fourth-order valence-corrected chi connectivity index (χ4v) is 2.64. The van der Waals surface area contributed by atoms with Crippen LogP contribution in [0, 0.1) is 6.92 Å². The molecule has 1 N–H and O–H groups in total. The summed E-state index contributed by atoms with van der Waals surface area (Å²) in [5.41, 5.74) is 5.61. The molecule has 2 aromatic rings. The first-order valence-corrected chi connectivity index (χ1v) is 8.02. The molecule has 112 valence electrons. The molecule has 0 aromatic heterocycles. The summed E-state index contributed by atoms with van der Waals surface area (Å²) in [5, 5.41) is 3.46. The topological polar surface area (TPSA) is 12.0 Å². The van der Waals surface area contributed by atoms with Crippen molar-refractivity contribution in [1.29, 1.82) is 0 Å². The van der Waals surface area contributed by atoms with E-state index in [2.05, 4.69) is 74.7 Å². The number of likely N-dealkylation sites (N-methyl/N-ethyl adjacent to an activating group) is 1. The van der Waals surface area contributed by atoms with Crippen LogP contribution >= 0.6 is 0 Å². The molecule has 0 aliphatic rings. The summed E-state index contributed by atoms with van der Waals surface area (Å²) in [5.74, 6) is 0. The van der Waals surface area contributed by atoms with Gasteiger partial charge in [-0.15, -0.1) is 0 Å². The Balaban J connectivity index is 1.88. The normalized spacial score (nSPS) is 12.3. The quantitative estimate of drug-likeness (QED) is 0.797. The van der Waals surface area contributed by atoms with E-state index >= 15 is 0 Å². The summed E-state index contributed by atoms with van der Waals surface area (Å²) in [6.07, 6.45) is 4.53. The largest absolute Gasteiger partial charge is 0.317 e. The molecule has 0 radical (unpaired) electrons. The minimum atomic E-state index is 0.541. The summed E-state index contributed by atoms with van der Waals surface area (Å²) < 4.78 is 0. The lowest BCUT2D eigenvalue weighted by Gasteiger charge is -2.16. The van der Waals surface area contributed by atoms with Crippen LogP contribution < -0.4 is 5.32 Å². The van der Waals surface area contributed by atoms with Gasteiger partial charge in [-0.05, 0) is 56.3 Å². The van der Waals surface area contributed by atoms with Crippen LogP contribution in [-0.4, -0.2) is 13.1 Å². The van der Waals surface area contributed by atoms with Crippen LogP contribution in [0.4, 0.5) is 0 Å². The van der Waals surface area contributed by atoms with Crippen molar-refractivity contribution in [3.63, 3.8) is 0 Å². The average molecular weight is 281 g/mol. The molecule has 0 amide bonds. The first kappa shape index (κ1) is 15.8. The van der Waals surface area contributed by atoms with Crippen LogP contribution in [0.1, 0.15) is 35.6 Å². The van der Waals surface area contributed by atoms with Crippen molar-refractivity contribution in [3.8, 4) is 0 Å². The van der Waals surface area contributed by atoms with Gasteiger partial charge in [0, 0.05) is 6.04 Å². The van der Waals surface area contributed by atoms with E-state index in [1.54, 1.807) is 0 Å². The summed E-state index contributed by atoms with van der Waals surface area (Å²) in [4.78, 5) is 0. The highest BCUT2D eigenvalue weighted by molar-refractivity contribution is 5.24. The molecule has 0 spiro atoms. The van der Waals surface area contributed by atoms with Gasteiger partial charge in [0.2, 0.25) is 0 Å². The van der Waals surface area contributed by atoms with E-state index in [-0.39, 0.29) is 0 Å². The highest BCUT2D eigenvalue weighted by atomic mass is 14.9. The van der Waals surface area contributed by atoms with Gasteiger partial charge in [-0.2, -0.15) is 0 Å². The molecule has 0 heterocycles. The number of aryl methyl sites for hydroxylation is 3. The molecule has 0 bridgehead atoms. The third-order valence-corrected chi connectivity index (χ3v) is 4.22. The van der Waals surface area contributed by atoms with Crippen molar-refractivity contribution in [2.24, 2.45) is 0 Å².